The van der Waals surface area contributed by atoms with E-state index in [1.165, 1.54) is 7.11 Å². The van der Waals surface area contributed by atoms with E-state index >= 15 is 0 Å². The highest BCUT2D eigenvalue weighted by Gasteiger charge is 2.51. The van der Waals surface area contributed by atoms with Crippen LogP contribution in [0.1, 0.15) is 12.8 Å². The van der Waals surface area contributed by atoms with Crippen LogP contribution in [0.4, 0.5) is 0 Å². The third kappa shape index (κ3) is 2.63. The first-order chi connectivity index (χ1) is 7.68. The second kappa shape index (κ2) is 5.69. The van der Waals surface area contributed by atoms with Crippen molar-refractivity contribution in [3.8, 4) is 0 Å². The monoisotopic (exact) mass is 228 g/mol. The van der Waals surface area contributed by atoms with Crippen LogP contribution in [0.5, 0.6) is 0 Å². The van der Waals surface area contributed by atoms with Gasteiger partial charge in [0.05, 0.1) is 13.2 Å². The summed E-state index contributed by atoms with van der Waals surface area (Å²) < 4.78 is 9.88. The summed E-state index contributed by atoms with van der Waals surface area (Å²) in [4.78, 5) is 14.2. The zero-order valence-electron chi connectivity index (χ0n) is 9.47. The molecule has 0 aromatic heterocycles. The van der Waals surface area contributed by atoms with Crippen molar-refractivity contribution >= 4 is 5.97 Å². The summed E-state index contributed by atoms with van der Waals surface area (Å²) in [5.74, 6) is -0.290. The van der Waals surface area contributed by atoms with Crippen LogP contribution in [-0.4, -0.2) is 44.9 Å². The number of azide groups is 1. The summed E-state index contributed by atoms with van der Waals surface area (Å²) in [6.45, 7) is 0.766. The fraction of sp³-hybridized carbons (Fsp3) is 0.889. The molecule has 1 aliphatic rings. The van der Waals surface area contributed by atoms with E-state index in [2.05, 4.69) is 15.3 Å². The fourth-order valence-corrected chi connectivity index (χ4v) is 1.85. The Hall–Kier alpha value is -1.30. The first-order valence-corrected chi connectivity index (χ1v) is 5.05. The van der Waals surface area contributed by atoms with Crippen molar-refractivity contribution < 1.29 is 14.3 Å². The predicted octanol–water partition coefficient (Wildman–Crippen LogP) is 0.607. The number of esters is 1. The highest BCUT2D eigenvalue weighted by molar-refractivity contribution is 5.82. The molecule has 1 fully saturated rings. The van der Waals surface area contributed by atoms with Crippen molar-refractivity contribution in [2.75, 3.05) is 27.3 Å². The van der Waals surface area contributed by atoms with Crippen molar-refractivity contribution in [1.82, 2.24) is 5.32 Å². The van der Waals surface area contributed by atoms with Gasteiger partial charge in [-0.25, -0.2) is 0 Å². The van der Waals surface area contributed by atoms with Gasteiger partial charge in [-0.1, -0.05) is 5.11 Å². The highest BCUT2D eigenvalue weighted by atomic mass is 16.5. The molecular formula is C9H16N4O3. The molecule has 0 aromatic carbocycles. The van der Waals surface area contributed by atoms with Crippen LogP contribution in [-0.2, 0) is 14.3 Å². The van der Waals surface area contributed by atoms with Crippen molar-refractivity contribution in [3.05, 3.63) is 10.4 Å². The quantitative estimate of drug-likeness (QED) is 0.237. The standard InChI is InChI=1S/C9H16N4O3/c1-15-7-5-9(6-7,8(14)16-2)11-3-4-12-13-10/h7,11H,3-6H2,1-2H3. The molecule has 1 rings (SSSR count). The van der Waals surface area contributed by atoms with E-state index in [1.807, 2.05) is 0 Å². The van der Waals surface area contributed by atoms with Gasteiger partial charge in [0.25, 0.3) is 0 Å². The van der Waals surface area contributed by atoms with E-state index in [4.69, 9.17) is 15.0 Å². The maximum Gasteiger partial charge on any atom is 0.326 e. The SMILES string of the molecule is COC(=O)C1(NCCN=[N+]=[N-])CC(OC)C1. The number of methoxy groups -OCH3 is 2. The lowest BCUT2D eigenvalue weighted by Gasteiger charge is -2.44. The molecule has 0 amide bonds. The average Bonchev–Trinajstić information content (AvgIpc) is 2.26. The predicted molar refractivity (Wildman–Crippen MR) is 56.8 cm³/mol. The Morgan fingerprint density at radius 3 is 2.81 bits per heavy atom. The molecule has 0 aliphatic heterocycles. The van der Waals surface area contributed by atoms with Gasteiger partial charge < -0.3 is 14.8 Å². The third-order valence-corrected chi connectivity index (χ3v) is 2.80. The van der Waals surface area contributed by atoms with E-state index < -0.39 is 5.54 Å². The first kappa shape index (κ1) is 12.8. The number of carbonyl (C=O) groups excluding carboxylic acids is 1. The summed E-state index contributed by atoms with van der Waals surface area (Å²) in [6, 6.07) is 0. The van der Waals surface area contributed by atoms with Gasteiger partial charge in [-0.15, -0.1) is 0 Å². The summed E-state index contributed by atoms with van der Waals surface area (Å²) >= 11 is 0. The molecule has 0 heterocycles. The second-order valence-electron chi connectivity index (χ2n) is 3.72. The zero-order chi connectivity index (χ0) is 12.0. The number of rotatable bonds is 6. The normalized spacial score (nSPS) is 27.8. The number of hydrogen-bond donors (Lipinski definition) is 1. The number of nitrogens with one attached hydrogen (secondary N) is 1. The van der Waals surface area contributed by atoms with Gasteiger partial charge in [-0.2, -0.15) is 0 Å². The van der Waals surface area contributed by atoms with Gasteiger partial charge in [0.1, 0.15) is 5.54 Å². The topological polar surface area (TPSA) is 96.3 Å². The molecule has 90 valence electrons. The lowest BCUT2D eigenvalue weighted by Crippen LogP contribution is -2.64. The number of nitrogens with zero attached hydrogens (tertiary/aromatic N) is 3. The van der Waals surface area contributed by atoms with Crippen LogP contribution in [0, 0.1) is 0 Å². The van der Waals surface area contributed by atoms with Crippen LogP contribution < -0.4 is 5.32 Å². The van der Waals surface area contributed by atoms with Crippen molar-refractivity contribution in [3.63, 3.8) is 0 Å². The van der Waals surface area contributed by atoms with Gasteiger partial charge >= 0.3 is 5.97 Å². The second-order valence-corrected chi connectivity index (χ2v) is 3.72. The average molecular weight is 228 g/mol. The molecule has 0 atom stereocenters. The molecule has 1 saturated carbocycles. The van der Waals surface area contributed by atoms with Crippen molar-refractivity contribution in [1.29, 1.82) is 0 Å². The van der Waals surface area contributed by atoms with E-state index in [-0.39, 0.29) is 12.1 Å². The van der Waals surface area contributed by atoms with Crippen molar-refractivity contribution in [2.45, 2.75) is 24.5 Å². The molecule has 1 aliphatic carbocycles. The minimum absolute atomic E-state index is 0.0890. The smallest absolute Gasteiger partial charge is 0.326 e. The Bertz CT molecular complexity index is 295. The Labute approximate surface area is 93.7 Å². The molecule has 0 radical (unpaired) electrons. The summed E-state index contributed by atoms with van der Waals surface area (Å²) in [7, 11) is 2.98. The highest BCUT2D eigenvalue weighted by Crippen LogP contribution is 2.35. The lowest BCUT2D eigenvalue weighted by molar-refractivity contribution is -0.159. The maximum absolute atomic E-state index is 11.6. The largest absolute Gasteiger partial charge is 0.468 e. The van der Waals surface area contributed by atoms with Crippen LogP contribution in [0.25, 0.3) is 10.4 Å². The Balaban J connectivity index is 2.47. The van der Waals surface area contributed by atoms with Gasteiger partial charge in [0.15, 0.2) is 0 Å². The number of carbonyl (C=O) groups is 1. The fourth-order valence-electron chi connectivity index (χ4n) is 1.85. The summed E-state index contributed by atoms with van der Waals surface area (Å²) in [5, 5.41) is 6.46. The molecule has 7 nitrogen and oxygen atoms in total. The molecule has 0 saturated heterocycles. The lowest BCUT2D eigenvalue weighted by atomic mass is 9.74. The summed E-state index contributed by atoms with van der Waals surface area (Å²) in [5.41, 5.74) is 7.45. The zero-order valence-corrected chi connectivity index (χ0v) is 9.47. The van der Waals surface area contributed by atoms with Gasteiger partial charge in [-0.3, -0.25) is 4.79 Å². The van der Waals surface area contributed by atoms with E-state index in [1.54, 1.807) is 7.11 Å². The Morgan fingerprint density at radius 1 is 1.62 bits per heavy atom. The molecule has 1 N–H and O–H groups in total. The minimum atomic E-state index is -0.666. The van der Waals surface area contributed by atoms with Crippen LogP contribution in [0.2, 0.25) is 0 Å². The first-order valence-electron chi connectivity index (χ1n) is 5.05. The number of hydrogen-bond acceptors (Lipinski definition) is 5. The molecule has 0 unspecified atom stereocenters. The van der Waals surface area contributed by atoms with E-state index in [0.717, 1.165) is 0 Å². The van der Waals surface area contributed by atoms with E-state index in [0.29, 0.717) is 25.9 Å². The molecular weight excluding hydrogens is 212 g/mol. The van der Waals surface area contributed by atoms with Crippen LogP contribution >= 0.6 is 0 Å². The third-order valence-electron chi connectivity index (χ3n) is 2.80. The minimum Gasteiger partial charge on any atom is -0.468 e. The molecule has 16 heavy (non-hydrogen) atoms. The van der Waals surface area contributed by atoms with Crippen LogP contribution in [0.3, 0.4) is 0 Å². The van der Waals surface area contributed by atoms with E-state index in [9.17, 15) is 4.79 Å². The van der Waals surface area contributed by atoms with Gasteiger partial charge in [-0.05, 0) is 5.53 Å². The van der Waals surface area contributed by atoms with Gasteiger partial charge in [0.2, 0.25) is 0 Å². The molecule has 0 spiro atoms. The Morgan fingerprint density at radius 2 is 2.31 bits per heavy atom. The molecule has 0 aromatic rings. The number of ether oxygens (including phenoxy) is 2. The van der Waals surface area contributed by atoms with Crippen molar-refractivity contribution in [2.24, 2.45) is 5.11 Å². The molecule has 7 heteroatoms. The van der Waals surface area contributed by atoms with Crippen LogP contribution in [0.15, 0.2) is 5.11 Å². The summed E-state index contributed by atoms with van der Waals surface area (Å²) in [6.07, 6.45) is 1.27. The maximum atomic E-state index is 11.6. The Kier molecular flexibility index (Phi) is 4.54. The van der Waals surface area contributed by atoms with Gasteiger partial charge in [0, 0.05) is 38.0 Å². The molecule has 0 bridgehead atoms.